The number of thiazole rings is 1. The molecule has 2 N–H and O–H groups in total. The lowest BCUT2D eigenvalue weighted by Crippen LogP contribution is -2.29. The third-order valence-electron chi connectivity index (χ3n) is 6.36. The second-order valence-corrected chi connectivity index (χ2v) is 9.62. The van der Waals surface area contributed by atoms with Gasteiger partial charge in [-0.05, 0) is 49.8 Å². The number of aromatic nitrogens is 4. The highest BCUT2D eigenvalue weighted by molar-refractivity contribution is 7.23. The Morgan fingerprint density at radius 3 is 2.71 bits per heavy atom. The first kappa shape index (κ1) is 23.3. The van der Waals surface area contributed by atoms with Crippen LogP contribution in [0.2, 0.25) is 0 Å². The van der Waals surface area contributed by atoms with E-state index < -0.39 is 0 Å². The average molecular weight is 487 g/mol. The SMILES string of the molecule is CCN(CC)CCCNC(=O)c1ccc2c(c1)sc1nc(-c3ccc(Cc4ncc[nH]4)cc3)cn12. The number of hydrogen-bond acceptors (Lipinski definition) is 5. The van der Waals surface area contributed by atoms with Gasteiger partial charge in [0, 0.05) is 42.7 Å². The zero-order valence-corrected chi connectivity index (χ0v) is 20.9. The molecule has 0 saturated carbocycles. The quantitative estimate of drug-likeness (QED) is 0.273. The zero-order valence-electron chi connectivity index (χ0n) is 20.1. The smallest absolute Gasteiger partial charge is 0.251 e. The summed E-state index contributed by atoms with van der Waals surface area (Å²) in [5, 5.41) is 3.05. The Bertz CT molecular complexity index is 1410. The second-order valence-electron chi connectivity index (χ2n) is 8.61. The summed E-state index contributed by atoms with van der Waals surface area (Å²) in [5.74, 6) is 0.937. The third-order valence-corrected chi connectivity index (χ3v) is 7.38. The number of nitrogens with one attached hydrogen (secondary N) is 2. The Hall–Kier alpha value is -3.49. The van der Waals surface area contributed by atoms with Crippen molar-refractivity contribution in [2.24, 2.45) is 0 Å². The van der Waals surface area contributed by atoms with Crippen LogP contribution in [0.4, 0.5) is 0 Å². The fourth-order valence-corrected chi connectivity index (χ4v) is 5.36. The topological polar surface area (TPSA) is 78.3 Å². The zero-order chi connectivity index (χ0) is 24.2. The highest BCUT2D eigenvalue weighted by Crippen LogP contribution is 2.30. The van der Waals surface area contributed by atoms with Gasteiger partial charge >= 0.3 is 0 Å². The van der Waals surface area contributed by atoms with E-state index in [1.165, 1.54) is 5.56 Å². The lowest BCUT2D eigenvalue weighted by Gasteiger charge is -2.17. The van der Waals surface area contributed by atoms with Crippen LogP contribution in [-0.2, 0) is 6.42 Å². The van der Waals surface area contributed by atoms with Crippen molar-refractivity contribution in [3.8, 4) is 11.3 Å². The Morgan fingerprint density at radius 2 is 1.97 bits per heavy atom. The molecule has 2 aromatic carbocycles. The predicted molar refractivity (Wildman–Crippen MR) is 142 cm³/mol. The van der Waals surface area contributed by atoms with Gasteiger partial charge in [0.15, 0.2) is 4.96 Å². The summed E-state index contributed by atoms with van der Waals surface area (Å²) in [7, 11) is 0. The number of aromatic amines is 1. The van der Waals surface area contributed by atoms with Crippen molar-refractivity contribution in [1.82, 2.24) is 29.6 Å². The van der Waals surface area contributed by atoms with Crippen LogP contribution in [-0.4, -0.2) is 56.3 Å². The lowest BCUT2D eigenvalue weighted by atomic mass is 10.1. The van der Waals surface area contributed by atoms with Crippen LogP contribution in [0.15, 0.2) is 61.1 Å². The van der Waals surface area contributed by atoms with E-state index in [0.717, 1.165) is 64.7 Å². The number of fused-ring (bicyclic) bond motifs is 3. The number of hydrogen-bond donors (Lipinski definition) is 2. The maximum atomic E-state index is 12.6. The highest BCUT2D eigenvalue weighted by atomic mass is 32.1. The van der Waals surface area contributed by atoms with Gasteiger partial charge in [-0.25, -0.2) is 9.97 Å². The van der Waals surface area contributed by atoms with Crippen LogP contribution in [0.5, 0.6) is 0 Å². The van der Waals surface area contributed by atoms with Crippen molar-refractivity contribution >= 4 is 32.4 Å². The monoisotopic (exact) mass is 486 g/mol. The molecule has 3 aromatic heterocycles. The Morgan fingerprint density at radius 1 is 1.14 bits per heavy atom. The lowest BCUT2D eigenvalue weighted by molar-refractivity contribution is 0.0952. The van der Waals surface area contributed by atoms with Gasteiger partial charge in [0.1, 0.15) is 5.82 Å². The van der Waals surface area contributed by atoms with Gasteiger partial charge in [-0.1, -0.05) is 49.4 Å². The highest BCUT2D eigenvalue weighted by Gasteiger charge is 2.13. The molecule has 0 unspecified atom stereocenters. The van der Waals surface area contributed by atoms with Gasteiger partial charge < -0.3 is 15.2 Å². The summed E-state index contributed by atoms with van der Waals surface area (Å²) in [4.78, 5) is 28.2. The van der Waals surface area contributed by atoms with Crippen molar-refractivity contribution in [3.63, 3.8) is 0 Å². The second kappa shape index (κ2) is 10.4. The van der Waals surface area contributed by atoms with Crippen molar-refractivity contribution in [3.05, 3.63) is 78.0 Å². The normalized spacial score (nSPS) is 11.6. The Kier molecular flexibility index (Phi) is 6.92. The first-order valence-corrected chi connectivity index (χ1v) is 13.0. The summed E-state index contributed by atoms with van der Waals surface area (Å²) in [6.45, 7) is 8.10. The number of nitrogens with zero attached hydrogens (tertiary/aromatic N) is 4. The molecule has 0 bridgehead atoms. The first-order chi connectivity index (χ1) is 17.1. The van der Waals surface area contributed by atoms with E-state index in [2.05, 4.69) is 68.9 Å². The molecule has 3 heterocycles. The maximum Gasteiger partial charge on any atom is 0.251 e. The van der Waals surface area contributed by atoms with Crippen molar-refractivity contribution < 1.29 is 4.79 Å². The summed E-state index contributed by atoms with van der Waals surface area (Å²) in [6.07, 6.45) is 7.42. The van der Waals surface area contributed by atoms with E-state index in [-0.39, 0.29) is 5.91 Å². The van der Waals surface area contributed by atoms with Crippen molar-refractivity contribution in [2.75, 3.05) is 26.2 Å². The standard InChI is InChI=1S/C27H30N6OS/c1-3-32(4-2)15-5-12-30-26(34)21-10-11-23-24(17-21)35-27-31-22(18-33(23)27)20-8-6-19(7-9-20)16-25-28-13-14-29-25/h6-11,13-14,17-18H,3-5,12,15-16H2,1-2H3,(H,28,29)(H,30,34). The number of imidazole rings is 2. The fourth-order valence-electron chi connectivity index (χ4n) is 4.31. The molecule has 1 amide bonds. The Balaban J connectivity index is 1.27. The summed E-state index contributed by atoms with van der Waals surface area (Å²) in [6, 6.07) is 14.3. The minimum absolute atomic E-state index is 0.0205. The molecule has 0 saturated heterocycles. The number of benzene rings is 2. The van der Waals surface area contributed by atoms with E-state index in [0.29, 0.717) is 12.1 Å². The molecule has 0 radical (unpaired) electrons. The van der Waals surface area contributed by atoms with E-state index in [4.69, 9.17) is 4.98 Å². The molecule has 5 rings (SSSR count). The predicted octanol–water partition coefficient (Wildman–Crippen LogP) is 4.99. The molecular formula is C27H30N6OS. The average Bonchev–Trinajstić information content (AvgIpc) is 3.61. The minimum Gasteiger partial charge on any atom is -0.352 e. The number of carbonyl (C=O) groups excluding carboxylic acids is 1. The van der Waals surface area contributed by atoms with E-state index in [9.17, 15) is 4.79 Å². The van der Waals surface area contributed by atoms with Gasteiger partial charge in [-0.2, -0.15) is 0 Å². The molecule has 35 heavy (non-hydrogen) atoms. The van der Waals surface area contributed by atoms with Crippen LogP contribution in [0, 0.1) is 0 Å². The molecule has 8 heteroatoms. The summed E-state index contributed by atoms with van der Waals surface area (Å²) >= 11 is 1.61. The number of rotatable bonds is 10. The van der Waals surface area contributed by atoms with Crippen LogP contribution >= 0.6 is 11.3 Å². The molecule has 7 nitrogen and oxygen atoms in total. The number of carbonyl (C=O) groups is 1. The van der Waals surface area contributed by atoms with E-state index >= 15 is 0 Å². The van der Waals surface area contributed by atoms with Gasteiger partial charge in [0.25, 0.3) is 5.91 Å². The van der Waals surface area contributed by atoms with Crippen molar-refractivity contribution in [2.45, 2.75) is 26.7 Å². The van der Waals surface area contributed by atoms with Gasteiger partial charge in [0.05, 0.1) is 15.9 Å². The molecule has 5 aromatic rings. The molecule has 0 aliphatic rings. The summed E-state index contributed by atoms with van der Waals surface area (Å²) in [5.41, 5.74) is 4.98. The van der Waals surface area contributed by atoms with Crippen molar-refractivity contribution in [1.29, 1.82) is 0 Å². The van der Waals surface area contributed by atoms with Crippen LogP contribution < -0.4 is 5.32 Å². The van der Waals surface area contributed by atoms with Crippen LogP contribution in [0.3, 0.4) is 0 Å². The molecular weight excluding hydrogens is 456 g/mol. The molecule has 0 atom stereocenters. The van der Waals surface area contributed by atoms with Crippen LogP contribution in [0.25, 0.3) is 26.4 Å². The summed E-state index contributed by atoms with van der Waals surface area (Å²) < 4.78 is 3.17. The molecule has 0 aliphatic carbocycles. The van der Waals surface area contributed by atoms with Gasteiger partial charge in [0.2, 0.25) is 0 Å². The largest absolute Gasteiger partial charge is 0.352 e. The number of amides is 1. The third kappa shape index (κ3) is 5.13. The number of H-pyrrole nitrogens is 1. The first-order valence-electron chi connectivity index (χ1n) is 12.1. The van der Waals surface area contributed by atoms with Crippen LogP contribution in [0.1, 0.15) is 42.0 Å². The fraction of sp³-hybridized carbons (Fsp3) is 0.296. The molecule has 0 spiro atoms. The van der Waals surface area contributed by atoms with Gasteiger partial charge in [-0.3, -0.25) is 9.20 Å². The molecule has 180 valence electrons. The van der Waals surface area contributed by atoms with Gasteiger partial charge in [-0.15, -0.1) is 0 Å². The molecule has 0 fully saturated rings. The maximum absolute atomic E-state index is 12.6. The molecule has 0 aliphatic heterocycles. The Labute approximate surface area is 208 Å². The van der Waals surface area contributed by atoms with E-state index in [1.54, 1.807) is 17.5 Å². The minimum atomic E-state index is -0.0205. The van der Waals surface area contributed by atoms with E-state index in [1.807, 2.05) is 24.4 Å².